The molecular weight excluding hydrogens is 368 g/mol. The molecule has 76 valence electrons. The Morgan fingerprint density at radius 3 is 2.79 bits per heavy atom. The fourth-order valence-corrected chi connectivity index (χ4v) is 2.27. The van der Waals surface area contributed by atoms with Crippen molar-refractivity contribution in [2.75, 3.05) is 12.8 Å². The lowest BCUT2D eigenvalue weighted by molar-refractivity contribution is 0.0601. The summed E-state index contributed by atoms with van der Waals surface area (Å²) in [5.41, 5.74) is 5.81. The van der Waals surface area contributed by atoms with Gasteiger partial charge < -0.3 is 10.5 Å². The van der Waals surface area contributed by atoms with Crippen molar-refractivity contribution in [3.8, 4) is 0 Å². The van der Waals surface area contributed by atoms with E-state index in [-0.39, 0.29) is 19.3 Å². The second kappa shape index (κ2) is 4.43. The van der Waals surface area contributed by atoms with Crippen LogP contribution in [0.25, 0.3) is 0 Å². The van der Waals surface area contributed by atoms with Crippen LogP contribution in [0.5, 0.6) is 0 Å². The zero-order chi connectivity index (χ0) is 10.9. The molecule has 0 radical (unpaired) electrons. The van der Waals surface area contributed by atoms with Crippen molar-refractivity contribution in [1.29, 1.82) is 0 Å². The van der Waals surface area contributed by atoms with Gasteiger partial charge in [-0.05, 0) is 44.6 Å². The van der Waals surface area contributed by atoms with Gasteiger partial charge >= 0.3 is 5.97 Å². The van der Waals surface area contributed by atoms with Crippen molar-refractivity contribution < 1.29 is 13.9 Å². The molecule has 0 aromatic heterocycles. The summed E-state index contributed by atoms with van der Waals surface area (Å²) in [5, 5.41) is 0. The molecule has 6 heteroatoms. The second-order valence-electron chi connectivity index (χ2n) is 2.44. The minimum Gasteiger partial charge on any atom is -0.465 e. The first-order chi connectivity index (χ1) is 6.49. The van der Waals surface area contributed by atoms with Crippen LogP contribution in [0.1, 0.15) is 10.4 Å². The molecule has 0 saturated heterocycles. The average molecular weight is 374 g/mol. The number of methoxy groups -OCH3 is 1. The zero-order valence-electron chi connectivity index (χ0n) is 7.11. The summed E-state index contributed by atoms with van der Waals surface area (Å²) in [6.07, 6.45) is 0. The molecule has 0 aliphatic heterocycles. The molecule has 0 unspecified atom stereocenters. The first-order valence-corrected chi connectivity index (χ1v) is 5.37. The number of rotatable bonds is 1. The molecule has 0 spiro atoms. The number of esters is 1. The monoisotopic (exact) mass is 373 g/mol. The van der Waals surface area contributed by atoms with Gasteiger partial charge in [0, 0.05) is 0 Å². The number of nitrogen functional groups attached to an aromatic ring is 1. The third kappa shape index (κ3) is 2.00. The minimum atomic E-state index is -0.582. The Kier molecular flexibility index (Phi) is 3.71. The molecule has 1 aromatic rings. The van der Waals surface area contributed by atoms with Gasteiger partial charge in [-0.2, -0.15) is 0 Å². The van der Waals surface area contributed by atoms with Gasteiger partial charge in [-0.15, -0.1) is 0 Å². The van der Waals surface area contributed by atoms with Crippen LogP contribution in [0.15, 0.2) is 10.5 Å². The Morgan fingerprint density at radius 2 is 2.29 bits per heavy atom. The standard InChI is InChI=1S/C8H6BrFINO2/c1-14-8(13)3-2-4(9)5(10)6(11)7(3)12/h2H,12H2,1H3. The highest BCUT2D eigenvalue weighted by atomic mass is 127. The Bertz CT molecular complexity index is 397. The van der Waals surface area contributed by atoms with E-state index in [1.807, 2.05) is 0 Å². The summed E-state index contributed by atoms with van der Waals surface area (Å²) in [7, 11) is 1.24. The zero-order valence-corrected chi connectivity index (χ0v) is 10.8. The normalized spacial score (nSPS) is 10.0. The molecule has 0 aliphatic carbocycles. The lowest BCUT2D eigenvalue weighted by Gasteiger charge is -2.07. The van der Waals surface area contributed by atoms with Gasteiger partial charge in [0.05, 0.1) is 26.4 Å². The number of benzene rings is 1. The van der Waals surface area contributed by atoms with E-state index < -0.39 is 11.8 Å². The molecule has 1 rings (SSSR count). The van der Waals surface area contributed by atoms with Crippen LogP contribution < -0.4 is 5.73 Å². The van der Waals surface area contributed by atoms with Crippen molar-refractivity contribution >= 4 is 50.2 Å². The van der Waals surface area contributed by atoms with Crippen molar-refractivity contribution in [2.45, 2.75) is 0 Å². The van der Waals surface area contributed by atoms with Crippen molar-refractivity contribution in [1.82, 2.24) is 0 Å². The van der Waals surface area contributed by atoms with E-state index in [0.717, 1.165) is 0 Å². The predicted octanol–water partition coefficient (Wildman–Crippen LogP) is 2.56. The number of anilines is 1. The van der Waals surface area contributed by atoms with E-state index in [1.165, 1.54) is 13.2 Å². The number of halogens is 3. The van der Waals surface area contributed by atoms with E-state index in [2.05, 4.69) is 20.7 Å². The van der Waals surface area contributed by atoms with Gasteiger partial charge in [-0.1, -0.05) is 0 Å². The maximum Gasteiger partial charge on any atom is 0.340 e. The highest BCUT2D eigenvalue weighted by Gasteiger charge is 2.18. The van der Waals surface area contributed by atoms with E-state index >= 15 is 0 Å². The van der Waals surface area contributed by atoms with Gasteiger partial charge in [0.15, 0.2) is 5.82 Å². The van der Waals surface area contributed by atoms with Crippen molar-refractivity contribution in [3.05, 3.63) is 25.5 Å². The molecule has 0 fully saturated rings. The van der Waals surface area contributed by atoms with E-state index in [1.54, 1.807) is 22.6 Å². The maximum atomic E-state index is 13.3. The molecule has 0 saturated carbocycles. The van der Waals surface area contributed by atoms with Crippen LogP contribution >= 0.6 is 38.5 Å². The number of nitrogens with two attached hydrogens (primary N) is 1. The smallest absolute Gasteiger partial charge is 0.340 e. The molecule has 0 bridgehead atoms. The lowest BCUT2D eigenvalue weighted by Crippen LogP contribution is -2.08. The van der Waals surface area contributed by atoms with Gasteiger partial charge in [0.2, 0.25) is 0 Å². The van der Waals surface area contributed by atoms with Gasteiger partial charge in [-0.25, -0.2) is 9.18 Å². The first-order valence-electron chi connectivity index (χ1n) is 3.50. The number of hydrogen-bond acceptors (Lipinski definition) is 3. The van der Waals surface area contributed by atoms with E-state index in [4.69, 9.17) is 5.73 Å². The number of carbonyl (C=O) groups is 1. The molecule has 0 atom stereocenters. The number of ether oxygens (including phenoxy) is 1. The van der Waals surface area contributed by atoms with Crippen LogP contribution in [-0.4, -0.2) is 13.1 Å². The fraction of sp³-hybridized carbons (Fsp3) is 0.125. The Labute approximate surface area is 102 Å². The molecule has 14 heavy (non-hydrogen) atoms. The summed E-state index contributed by atoms with van der Waals surface area (Å²) < 4.78 is 18.2. The number of carbonyl (C=O) groups excluding carboxylic acids is 1. The SMILES string of the molecule is COC(=O)c1cc(Br)c(F)c(I)c1N. The quantitative estimate of drug-likeness (QED) is 0.356. The molecule has 3 nitrogen and oxygen atoms in total. The van der Waals surface area contributed by atoms with Gasteiger partial charge in [0.25, 0.3) is 0 Å². The third-order valence-electron chi connectivity index (χ3n) is 1.61. The van der Waals surface area contributed by atoms with Gasteiger partial charge in [-0.3, -0.25) is 0 Å². The summed E-state index contributed by atoms with van der Waals surface area (Å²) >= 11 is 4.72. The second-order valence-corrected chi connectivity index (χ2v) is 4.37. The van der Waals surface area contributed by atoms with E-state index in [9.17, 15) is 9.18 Å². The Hall–Kier alpha value is -0.370. The van der Waals surface area contributed by atoms with Crippen LogP contribution in [0.2, 0.25) is 0 Å². The Morgan fingerprint density at radius 1 is 1.71 bits per heavy atom. The van der Waals surface area contributed by atoms with Crippen LogP contribution in [0.3, 0.4) is 0 Å². The number of hydrogen-bond donors (Lipinski definition) is 1. The molecular formula is C8H6BrFINO2. The summed E-state index contributed by atoms with van der Waals surface area (Å²) in [6.45, 7) is 0. The highest BCUT2D eigenvalue weighted by Crippen LogP contribution is 2.29. The minimum absolute atomic E-state index is 0.0955. The predicted molar refractivity (Wildman–Crippen MR) is 62.6 cm³/mol. The largest absolute Gasteiger partial charge is 0.465 e. The molecule has 0 aliphatic rings. The van der Waals surface area contributed by atoms with Crippen LogP contribution in [0.4, 0.5) is 10.1 Å². The Balaban J connectivity index is 3.40. The van der Waals surface area contributed by atoms with E-state index in [0.29, 0.717) is 0 Å². The molecule has 0 heterocycles. The molecule has 1 aromatic carbocycles. The fourth-order valence-electron chi connectivity index (χ4n) is 0.888. The molecule has 2 N–H and O–H groups in total. The summed E-state index contributed by atoms with van der Waals surface area (Å²) in [5.74, 6) is -1.06. The molecule has 0 amide bonds. The highest BCUT2D eigenvalue weighted by molar-refractivity contribution is 14.1. The summed E-state index contributed by atoms with van der Waals surface area (Å²) in [4.78, 5) is 11.2. The average Bonchev–Trinajstić information content (AvgIpc) is 2.19. The van der Waals surface area contributed by atoms with Crippen LogP contribution in [-0.2, 0) is 4.74 Å². The first kappa shape index (κ1) is 11.7. The topological polar surface area (TPSA) is 52.3 Å². The van der Waals surface area contributed by atoms with Crippen molar-refractivity contribution in [2.24, 2.45) is 0 Å². The van der Waals surface area contributed by atoms with Crippen LogP contribution in [0, 0.1) is 9.39 Å². The lowest BCUT2D eigenvalue weighted by atomic mass is 10.2. The van der Waals surface area contributed by atoms with Gasteiger partial charge in [0.1, 0.15) is 0 Å². The summed E-state index contributed by atoms with van der Waals surface area (Å²) in [6, 6.07) is 1.30. The third-order valence-corrected chi connectivity index (χ3v) is 3.24. The maximum absolute atomic E-state index is 13.3. The van der Waals surface area contributed by atoms with Crippen molar-refractivity contribution in [3.63, 3.8) is 0 Å².